The maximum absolute atomic E-state index is 12.5. The average Bonchev–Trinajstić information content (AvgIpc) is 3.16. The molecule has 6 nitrogen and oxygen atoms in total. The minimum absolute atomic E-state index is 0.0667. The molecular formula is C15H16IN2O4-. The number of Topliss-reactive ketones (excluding diaryl/α,β-unsaturated/α-hetero) is 1. The van der Waals surface area contributed by atoms with Crippen LogP contribution < -0.4 is 31.2 Å². The summed E-state index contributed by atoms with van der Waals surface area (Å²) in [7, 11) is 0. The molecule has 7 heteroatoms. The molecule has 0 radical (unpaired) electrons. The third kappa shape index (κ3) is 2.95. The molecule has 118 valence electrons. The van der Waals surface area contributed by atoms with Crippen LogP contribution in [-0.4, -0.2) is 22.8 Å². The summed E-state index contributed by atoms with van der Waals surface area (Å²) in [5.41, 5.74) is 7.41. The fourth-order valence-corrected chi connectivity index (χ4v) is 2.98. The van der Waals surface area contributed by atoms with E-state index in [1.54, 1.807) is 18.2 Å². The number of halogens is 1. The van der Waals surface area contributed by atoms with Gasteiger partial charge in [-0.1, -0.05) is 0 Å². The van der Waals surface area contributed by atoms with Crippen LogP contribution in [0.25, 0.3) is 11.0 Å². The Labute approximate surface area is 137 Å². The van der Waals surface area contributed by atoms with E-state index in [9.17, 15) is 9.59 Å². The van der Waals surface area contributed by atoms with Gasteiger partial charge in [-0.2, -0.15) is 0 Å². The summed E-state index contributed by atoms with van der Waals surface area (Å²) < 4.78 is 16.6. The predicted molar refractivity (Wildman–Crippen MR) is 76.6 cm³/mol. The van der Waals surface area contributed by atoms with Gasteiger partial charge in [-0.15, -0.1) is 0 Å². The van der Waals surface area contributed by atoms with Gasteiger partial charge in [0.05, 0.1) is 0 Å². The van der Waals surface area contributed by atoms with E-state index in [1.807, 2.05) is 0 Å². The number of benzene rings is 1. The second kappa shape index (κ2) is 6.25. The molecule has 1 aliphatic carbocycles. The second-order valence-electron chi connectivity index (χ2n) is 5.23. The Kier molecular flexibility index (Phi) is 4.34. The molecule has 22 heavy (non-hydrogen) atoms. The summed E-state index contributed by atoms with van der Waals surface area (Å²) in [6.07, 6.45) is 2.07. The van der Waals surface area contributed by atoms with Crippen LogP contribution in [0.4, 0.5) is 5.69 Å². The molecule has 0 unspecified atom stereocenters. The summed E-state index contributed by atoms with van der Waals surface area (Å²) in [5.74, 6) is -0.996. The van der Waals surface area contributed by atoms with Crippen LogP contribution in [0.15, 0.2) is 28.9 Å². The van der Waals surface area contributed by atoms with Gasteiger partial charge in [0.25, 0.3) is 0 Å². The molecule has 1 aromatic carbocycles. The number of carbonyl (C=O) groups excluding carboxylic acids is 2. The standard InChI is InChI=1S/C15H16IN2O4/c17-12-6-9(5-8-1-3-21-14(8)12)13(19)10-7-11(10)15(20)22-4-2-16-18/h1,3,5-6,10-11H,2,4,7,17-18H2/q-1/t10-,11-/m0/s1. The molecule has 2 aromatic rings. The number of rotatable bonds is 6. The number of ketones is 1. The Morgan fingerprint density at radius 2 is 2.18 bits per heavy atom. The first-order valence-corrected chi connectivity index (χ1v) is 9.64. The van der Waals surface area contributed by atoms with E-state index in [-0.39, 0.29) is 45.1 Å². The zero-order valence-electron chi connectivity index (χ0n) is 11.8. The first kappa shape index (κ1) is 15.3. The van der Waals surface area contributed by atoms with E-state index in [2.05, 4.69) is 0 Å². The number of esters is 1. The first-order valence-electron chi connectivity index (χ1n) is 6.87. The van der Waals surface area contributed by atoms with Crippen LogP contribution in [0, 0.1) is 11.8 Å². The zero-order chi connectivity index (χ0) is 15.7. The molecular weight excluding hydrogens is 399 g/mol. The van der Waals surface area contributed by atoms with Crippen molar-refractivity contribution in [2.75, 3.05) is 16.8 Å². The summed E-state index contributed by atoms with van der Waals surface area (Å²) in [6, 6.07) is 5.11. The molecule has 4 N–H and O–H groups in total. The number of hydrogen-bond acceptors (Lipinski definition) is 6. The summed E-state index contributed by atoms with van der Waals surface area (Å²) >= 11 is -0.368. The van der Waals surface area contributed by atoms with E-state index >= 15 is 0 Å². The van der Waals surface area contributed by atoms with Crippen LogP contribution in [0.3, 0.4) is 0 Å². The van der Waals surface area contributed by atoms with Crippen LogP contribution in [0.2, 0.25) is 0 Å². The van der Waals surface area contributed by atoms with Gasteiger partial charge >= 0.3 is 138 Å². The molecule has 1 fully saturated rings. The predicted octanol–water partition coefficient (Wildman–Crippen LogP) is -1.66. The number of hydrogen-bond donors (Lipinski definition) is 2. The Hall–Kier alpha value is -1.61. The number of furan rings is 1. The van der Waals surface area contributed by atoms with Crippen molar-refractivity contribution in [1.82, 2.24) is 0 Å². The minimum atomic E-state index is -0.368. The van der Waals surface area contributed by atoms with Crippen molar-refractivity contribution in [3.05, 3.63) is 30.0 Å². The number of carbonyl (C=O) groups is 2. The first-order chi connectivity index (χ1) is 10.6. The Morgan fingerprint density at radius 3 is 2.95 bits per heavy atom. The van der Waals surface area contributed by atoms with E-state index < -0.39 is 0 Å². The molecule has 0 spiro atoms. The fraction of sp³-hybridized carbons (Fsp3) is 0.333. The van der Waals surface area contributed by atoms with E-state index in [0.29, 0.717) is 29.9 Å². The molecule has 2 atom stereocenters. The molecule has 0 bridgehead atoms. The number of fused-ring (bicyclic) bond motifs is 1. The van der Waals surface area contributed by atoms with Crippen molar-refractivity contribution in [1.29, 1.82) is 0 Å². The topological polar surface area (TPSA) is 109 Å². The summed E-state index contributed by atoms with van der Waals surface area (Å²) in [4.78, 5) is 24.3. The Morgan fingerprint density at radius 1 is 1.36 bits per heavy atom. The second-order valence-corrected chi connectivity index (χ2v) is 7.19. The van der Waals surface area contributed by atoms with E-state index in [0.717, 1.165) is 9.81 Å². The van der Waals surface area contributed by atoms with Crippen molar-refractivity contribution >= 4 is 28.4 Å². The molecule has 3 rings (SSSR count). The molecule has 1 heterocycles. The van der Waals surface area contributed by atoms with Crippen molar-refractivity contribution in [3.8, 4) is 0 Å². The third-order valence-electron chi connectivity index (χ3n) is 3.72. The maximum atomic E-state index is 12.5. The summed E-state index contributed by atoms with van der Waals surface area (Å²) in [5, 5.41) is 0.787. The van der Waals surface area contributed by atoms with Gasteiger partial charge in [-0.25, -0.2) is 0 Å². The van der Waals surface area contributed by atoms with Crippen LogP contribution in [0.5, 0.6) is 0 Å². The van der Waals surface area contributed by atoms with E-state index in [1.165, 1.54) is 6.26 Å². The number of alkyl halides is 1. The Balaban J connectivity index is 1.68. The number of nitrogens with two attached hydrogens (primary N) is 2. The van der Waals surface area contributed by atoms with Gasteiger partial charge in [0.15, 0.2) is 0 Å². The third-order valence-corrected chi connectivity index (χ3v) is 4.79. The number of ether oxygens (including phenoxy) is 1. The van der Waals surface area contributed by atoms with Gasteiger partial charge in [0, 0.05) is 0 Å². The van der Waals surface area contributed by atoms with Crippen LogP contribution >= 0.6 is 0 Å². The van der Waals surface area contributed by atoms with Crippen molar-refractivity contribution < 1.29 is 40.2 Å². The molecule has 0 aliphatic heterocycles. The molecule has 0 amide bonds. The van der Waals surface area contributed by atoms with Crippen molar-refractivity contribution in [2.45, 2.75) is 6.42 Å². The average molecular weight is 415 g/mol. The number of nitrogen functional groups attached to an aromatic ring is 1. The molecule has 0 saturated heterocycles. The monoisotopic (exact) mass is 415 g/mol. The summed E-state index contributed by atoms with van der Waals surface area (Å²) in [6.45, 7) is 0.355. The fourth-order valence-electron chi connectivity index (χ4n) is 2.50. The van der Waals surface area contributed by atoms with Crippen molar-refractivity contribution in [3.63, 3.8) is 0 Å². The Bertz CT molecular complexity index is 727. The van der Waals surface area contributed by atoms with Gasteiger partial charge < -0.3 is 0 Å². The zero-order valence-corrected chi connectivity index (χ0v) is 13.9. The molecule has 1 saturated carbocycles. The molecule has 1 aliphatic rings. The van der Waals surface area contributed by atoms with Gasteiger partial charge in [-0.05, 0) is 0 Å². The normalized spacial score (nSPS) is 20.2. The molecule has 1 aromatic heterocycles. The van der Waals surface area contributed by atoms with E-state index in [4.69, 9.17) is 18.8 Å². The SMILES string of the molecule is N[I-]CCOC(=O)[C@H]1C[C@@H]1C(=O)c1cc(N)c2occc2c1. The van der Waals surface area contributed by atoms with Crippen LogP contribution in [0.1, 0.15) is 16.8 Å². The van der Waals surface area contributed by atoms with Gasteiger partial charge in [-0.3, -0.25) is 0 Å². The van der Waals surface area contributed by atoms with Gasteiger partial charge in [0.2, 0.25) is 0 Å². The van der Waals surface area contributed by atoms with Crippen molar-refractivity contribution in [2.24, 2.45) is 15.8 Å². The van der Waals surface area contributed by atoms with Crippen LogP contribution in [-0.2, 0) is 9.53 Å². The number of anilines is 1. The van der Waals surface area contributed by atoms with Gasteiger partial charge in [0.1, 0.15) is 0 Å². The quantitative estimate of drug-likeness (QED) is 0.111.